The summed E-state index contributed by atoms with van der Waals surface area (Å²) in [4.78, 5) is 16.2. The fourth-order valence-electron chi connectivity index (χ4n) is 4.74. The third-order valence-electron chi connectivity index (χ3n) is 6.73. The summed E-state index contributed by atoms with van der Waals surface area (Å²) in [7, 11) is 0. The Bertz CT molecular complexity index is 975. The second-order valence-corrected chi connectivity index (χ2v) is 9.04. The number of aliphatic hydroxyl groups is 3. The zero-order chi connectivity index (χ0) is 26.3. The maximum absolute atomic E-state index is 15.2. The Kier molecular flexibility index (Phi) is 9.59. The molecule has 0 radical (unpaired) electrons. The maximum atomic E-state index is 15.2. The highest BCUT2D eigenvalue weighted by molar-refractivity contribution is 5.99. The predicted molar refractivity (Wildman–Crippen MR) is 126 cm³/mol. The fraction of sp³-hybridized carbons (Fsp3) is 0.500. The lowest BCUT2D eigenvalue weighted by molar-refractivity contribution is -0.137. The molecule has 36 heavy (non-hydrogen) atoms. The van der Waals surface area contributed by atoms with Gasteiger partial charge in [-0.15, -0.1) is 0 Å². The summed E-state index contributed by atoms with van der Waals surface area (Å²) in [6.07, 6.45) is -7.08. The number of Topliss-reactive ketones (excluding diaryl/α,β-unsaturated/α-hetero) is 1. The van der Waals surface area contributed by atoms with Gasteiger partial charge in [-0.1, -0.05) is 42.5 Å². The van der Waals surface area contributed by atoms with E-state index in [1.54, 1.807) is 23.1 Å². The van der Waals surface area contributed by atoms with Crippen molar-refractivity contribution in [3.8, 4) is 0 Å². The highest BCUT2D eigenvalue weighted by atomic mass is 19.4. The number of carbonyl (C=O) groups is 1. The number of rotatable bonds is 11. The number of benzene rings is 2. The number of piperidine rings is 1. The van der Waals surface area contributed by atoms with Crippen LogP contribution in [0.15, 0.2) is 54.6 Å². The first-order valence-electron chi connectivity index (χ1n) is 11.9. The van der Waals surface area contributed by atoms with Crippen molar-refractivity contribution in [3.05, 3.63) is 71.3 Å². The molecular formula is C26H32F4N2O4. The monoisotopic (exact) mass is 512 g/mol. The third kappa shape index (κ3) is 6.89. The summed E-state index contributed by atoms with van der Waals surface area (Å²) in [5.41, 5.74) is -1.93. The first kappa shape index (κ1) is 28.2. The van der Waals surface area contributed by atoms with Gasteiger partial charge in [-0.05, 0) is 30.5 Å². The molecule has 0 bridgehead atoms. The molecule has 0 spiro atoms. The van der Waals surface area contributed by atoms with E-state index in [9.17, 15) is 33.3 Å². The van der Waals surface area contributed by atoms with E-state index in [1.807, 2.05) is 4.90 Å². The van der Waals surface area contributed by atoms with E-state index in [4.69, 9.17) is 0 Å². The van der Waals surface area contributed by atoms with Crippen molar-refractivity contribution in [2.45, 2.75) is 43.4 Å². The summed E-state index contributed by atoms with van der Waals surface area (Å²) in [6.45, 7) is 0.204. The number of likely N-dealkylation sites (tertiary alicyclic amines) is 1. The number of aliphatic hydroxyl groups excluding tert-OH is 2. The number of carbonyl (C=O) groups excluding carboxylic acids is 1. The van der Waals surface area contributed by atoms with E-state index in [0.29, 0.717) is 0 Å². The van der Waals surface area contributed by atoms with E-state index in [2.05, 4.69) is 0 Å². The number of hydrogen-bond donors (Lipinski definition) is 3. The van der Waals surface area contributed by atoms with E-state index >= 15 is 4.39 Å². The minimum Gasteiger partial charge on any atom is -0.395 e. The molecular weight excluding hydrogens is 480 g/mol. The number of halogens is 4. The Morgan fingerprint density at radius 1 is 1.00 bits per heavy atom. The van der Waals surface area contributed by atoms with Gasteiger partial charge in [-0.3, -0.25) is 14.6 Å². The van der Waals surface area contributed by atoms with Crippen LogP contribution in [-0.2, 0) is 11.8 Å². The molecule has 2 atom stereocenters. The molecule has 1 saturated heterocycles. The Labute approximate surface area is 207 Å². The second-order valence-electron chi connectivity index (χ2n) is 9.04. The number of ketones is 1. The minimum absolute atomic E-state index is 0.0977. The Balaban J connectivity index is 1.78. The summed E-state index contributed by atoms with van der Waals surface area (Å²) in [5.74, 6) is -0.675. The zero-order valence-electron chi connectivity index (χ0n) is 19.9. The van der Waals surface area contributed by atoms with Crippen LogP contribution < -0.4 is 0 Å². The van der Waals surface area contributed by atoms with Gasteiger partial charge in [0.05, 0.1) is 30.5 Å². The smallest absolute Gasteiger partial charge is 0.395 e. The van der Waals surface area contributed by atoms with Crippen LogP contribution in [0.3, 0.4) is 0 Å². The Morgan fingerprint density at radius 2 is 1.61 bits per heavy atom. The third-order valence-corrected chi connectivity index (χ3v) is 6.73. The highest BCUT2D eigenvalue weighted by Crippen LogP contribution is 2.37. The van der Waals surface area contributed by atoms with Gasteiger partial charge in [0.15, 0.2) is 12.0 Å². The summed E-state index contributed by atoms with van der Waals surface area (Å²) in [6, 6.07) is 12.7. The van der Waals surface area contributed by atoms with E-state index in [-0.39, 0.29) is 69.8 Å². The molecule has 6 nitrogen and oxygen atoms in total. The van der Waals surface area contributed by atoms with E-state index in [0.717, 1.165) is 12.1 Å². The van der Waals surface area contributed by atoms with Gasteiger partial charge in [0.2, 0.25) is 0 Å². The van der Waals surface area contributed by atoms with Crippen LogP contribution in [0.5, 0.6) is 0 Å². The van der Waals surface area contributed by atoms with Crippen LogP contribution in [-0.4, -0.2) is 82.6 Å². The van der Waals surface area contributed by atoms with Crippen molar-refractivity contribution in [1.82, 2.24) is 9.80 Å². The highest BCUT2D eigenvalue weighted by Gasteiger charge is 2.40. The average Bonchev–Trinajstić information content (AvgIpc) is 2.87. The largest absolute Gasteiger partial charge is 0.416 e. The SMILES string of the molecule is O=C(c1ccccc1)C(F)CC(N(CCO)CCO)N1CCC(O)(c2cccc(C(F)(F)F)c2)CC1. The lowest BCUT2D eigenvalue weighted by atomic mass is 9.83. The molecule has 2 aromatic carbocycles. The Morgan fingerprint density at radius 3 is 2.17 bits per heavy atom. The van der Waals surface area contributed by atoms with Crippen LogP contribution in [0, 0.1) is 0 Å². The summed E-state index contributed by atoms with van der Waals surface area (Å²) in [5, 5.41) is 30.2. The molecule has 3 N–H and O–H groups in total. The molecule has 198 valence electrons. The molecule has 2 aromatic rings. The van der Waals surface area contributed by atoms with Crippen LogP contribution in [0.25, 0.3) is 0 Å². The van der Waals surface area contributed by atoms with Crippen LogP contribution in [0.1, 0.15) is 40.7 Å². The zero-order valence-corrected chi connectivity index (χ0v) is 19.9. The van der Waals surface area contributed by atoms with Crippen molar-refractivity contribution >= 4 is 5.78 Å². The van der Waals surface area contributed by atoms with Crippen LogP contribution in [0.2, 0.25) is 0 Å². The number of nitrogens with zero attached hydrogens (tertiary/aromatic N) is 2. The van der Waals surface area contributed by atoms with Gasteiger partial charge in [0, 0.05) is 38.2 Å². The summed E-state index contributed by atoms with van der Waals surface area (Å²) >= 11 is 0. The van der Waals surface area contributed by atoms with Gasteiger partial charge in [0.1, 0.15) is 0 Å². The summed E-state index contributed by atoms with van der Waals surface area (Å²) < 4.78 is 54.7. The quantitative estimate of drug-likeness (QED) is 0.317. The first-order chi connectivity index (χ1) is 17.1. The Hall–Kier alpha value is -2.37. The minimum atomic E-state index is -4.53. The van der Waals surface area contributed by atoms with Crippen molar-refractivity contribution < 1.29 is 37.7 Å². The van der Waals surface area contributed by atoms with Crippen LogP contribution in [0.4, 0.5) is 17.6 Å². The average molecular weight is 513 g/mol. The van der Waals surface area contributed by atoms with E-state index in [1.165, 1.54) is 24.3 Å². The van der Waals surface area contributed by atoms with Crippen LogP contribution >= 0.6 is 0 Å². The molecule has 10 heteroatoms. The molecule has 1 heterocycles. The lowest BCUT2D eigenvalue weighted by Gasteiger charge is -2.45. The molecule has 1 aliphatic rings. The number of hydrogen-bond acceptors (Lipinski definition) is 6. The van der Waals surface area contributed by atoms with Gasteiger partial charge in [-0.2, -0.15) is 13.2 Å². The predicted octanol–water partition coefficient (Wildman–Crippen LogP) is 3.21. The molecule has 1 aliphatic heterocycles. The molecule has 0 aromatic heterocycles. The van der Waals surface area contributed by atoms with Crippen molar-refractivity contribution in [2.75, 3.05) is 39.4 Å². The normalized spacial score (nSPS) is 18.2. The lowest BCUT2D eigenvalue weighted by Crippen LogP contribution is -2.56. The van der Waals surface area contributed by atoms with Gasteiger partial charge < -0.3 is 15.3 Å². The molecule has 0 aliphatic carbocycles. The molecule has 2 unspecified atom stereocenters. The van der Waals surface area contributed by atoms with Gasteiger partial charge in [-0.25, -0.2) is 4.39 Å². The van der Waals surface area contributed by atoms with E-state index < -0.39 is 35.5 Å². The second kappa shape index (κ2) is 12.2. The fourth-order valence-corrected chi connectivity index (χ4v) is 4.74. The topological polar surface area (TPSA) is 84.2 Å². The number of alkyl halides is 4. The van der Waals surface area contributed by atoms with Crippen molar-refractivity contribution in [2.24, 2.45) is 0 Å². The van der Waals surface area contributed by atoms with Gasteiger partial charge in [0.25, 0.3) is 0 Å². The molecule has 0 saturated carbocycles. The maximum Gasteiger partial charge on any atom is 0.416 e. The first-order valence-corrected chi connectivity index (χ1v) is 11.9. The molecule has 3 rings (SSSR count). The molecule has 0 amide bonds. The molecule has 1 fully saturated rings. The van der Waals surface area contributed by atoms with Crippen molar-refractivity contribution in [1.29, 1.82) is 0 Å². The standard InChI is InChI=1S/C26H32F4N2O4/c27-22(24(35)19-5-2-1-3-6-19)18-23(32(13-15-33)14-16-34)31-11-9-25(36,10-12-31)20-7-4-8-21(17-20)26(28,29)30/h1-8,17,22-23,33-34,36H,9-16,18H2. The van der Waals surface area contributed by atoms with Crippen molar-refractivity contribution in [3.63, 3.8) is 0 Å². The van der Waals surface area contributed by atoms with Gasteiger partial charge >= 0.3 is 6.18 Å².